The highest BCUT2D eigenvalue weighted by atomic mass is 16.6. The minimum atomic E-state index is -0.494. The molecule has 2 aromatic heterocycles. The number of aromatic nitrogens is 4. The van der Waals surface area contributed by atoms with Crippen molar-refractivity contribution in [2.75, 3.05) is 31.1 Å². The van der Waals surface area contributed by atoms with Crippen LogP contribution in [-0.4, -0.2) is 68.7 Å². The van der Waals surface area contributed by atoms with Crippen LogP contribution in [-0.2, 0) is 16.8 Å². The molecule has 42 heavy (non-hydrogen) atoms. The van der Waals surface area contributed by atoms with Gasteiger partial charge in [-0.15, -0.1) is 5.10 Å². The molecule has 0 aliphatic carbocycles. The quantitative estimate of drug-likeness (QED) is 0.449. The van der Waals surface area contributed by atoms with Crippen LogP contribution in [0.4, 0.5) is 10.5 Å². The van der Waals surface area contributed by atoms with Crippen molar-refractivity contribution >= 4 is 17.7 Å². The minimum absolute atomic E-state index is 0.0697. The first-order valence-electron chi connectivity index (χ1n) is 14.7. The van der Waals surface area contributed by atoms with Gasteiger partial charge in [-0.1, -0.05) is 23.4 Å². The molecule has 2 saturated heterocycles. The number of aryl methyl sites for hydroxylation is 1. The predicted octanol–water partition coefficient (Wildman–Crippen LogP) is 5.17. The number of hydrogen-bond donors (Lipinski definition) is 1. The topological polar surface area (TPSA) is 105 Å². The van der Waals surface area contributed by atoms with Crippen LogP contribution in [0.2, 0.25) is 0 Å². The van der Waals surface area contributed by atoms with Crippen molar-refractivity contribution < 1.29 is 14.3 Å². The smallest absolute Gasteiger partial charge is 0.410 e. The summed E-state index contributed by atoms with van der Waals surface area (Å²) in [5, 5.41) is 11.1. The molecule has 224 valence electrons. The lowest BCUT2D eigenvalue weighted by Gasteiger charge is -2.28. The first-order chi connectivity index (χ1) is 19.7. The Kier molecular flexibility index (Phi) is 7.76. The van der Waals surface area contributed by atoms with Gasteiger partial charge in [0.2, 0.25) is 0 Å². The molecule has 1 spiro atoms. The number of nitrogens with one attached hydrogen (secondary N) is 1. The molecule has 2 aliphatic rings. The van der Waals surface area contributed by atoms with Crippen LogP contribution in [0.25, 0.3) is 11.1 Å². The van der Waals surface area contributed by atoms with Gasteiger partial charge in [-0.25, -0.2) is 9.48 Å². The number of amides is 2. The Bertz CT molecular complexity index is 1470. The van der Waals surface area contributed by atoms with E-state index in [2.05, 4.69) is 56.7 Å². The average molecular weight is 574 g/mol. The number of anilines is 1. The maximum atomic E-state index is 12.7. The summed E-state index contributed by atoms with van der Waals surface area (Å²) in [6.07, 6.45) is 7.25. The van der Waals surface area contributed by atoms with Crippen molar-refractivity contribution in [1.82, 2.24) is 30.2 Å². The van der Waals surface area contributed by atoms with E-state index in [4.69, 9.17) is 4.74 Å². The van der Waals surface area contributed by atoms with E-state index in [1.807, 2.05) is 58.8 Å². The molecule has 10 heteroatoms. The third-order valence-corrected chi connectivity index (χ3v) is 8.18. The number of carbonyl (C=O) groups excluding carboxylic acids is 2. The van der Waals surface area contributed by atoms with Crippen LogP contribution in [0, 0.1) is 12.3 Å². The fourth-order valence-corrected chi connectivity index (χ4v) is 5.80. The molecule has 2 aliphatic heterocycles. The number of ether oxygens (including phenoxy) is 1. The van der Waals surface area contributed by atoms with E-state index in [1.54, 1.807) is 10.9 Å². The Morgan fingerprint density at radius 3 is 2.50 bits per heavy atom. The van der Waals surface area contributed by atoms with Gasteiger partial charge in [0.1, 0.15) is 5.60 Å². The van der Waals surface area contributed by atoms with Crippen LogP contribution in [0.3, 0.4) is 0 Å². The van der Waals surface area contributed by atoms with Gasteiger partial charge >= 0.3 is 6.09 Å². The van der Waals surface area contributed by atoms with Crippen LogP contribution < -0.4 is 10.2 Å². The number of carbonyl (C=O) groups is 2. The second-order valence-electron chi connectivity index (χ2n) is 13.8. The summed E-state index contributed by atoms with van der Waals surface area (Å²) in [5.41, 5.74) is 5.11. The minimum Gasteiger partial charge on any atom is -0.444 e. The number of benzene rings is 1. The van der Waals surface area contributed by atoms with Crippen molar-refractivity contribution in [3.05, 3.63) is 59.7 Å². The van der Waals surface area contributed by atoms with Crippen LogP contribution in [0.5, 0.6) is 0 Å². The van der Waals surface area contributed by atoms with Gasteiger partial charge in [0.15, 0.2) is 5.69 Å². The first kappa shape index (κ1) is 29.5. The summed E-state index contributed by atoms with van der Waals surface area (Å²) in [7, 11) is 0. The van der Waals surface area contributed by atoms with Crippen LogP contribution >= 0.6 is 0 Å². The van der Waals surface area contributed by atoms with Gasteiger partial charge in [0.25, 0.3) is 5.91 Å². The zero-order valence-electron chi connectivity index (χ0n) is 25.9. The molecule has 0 bridgehead atoms. The Morgan fingerprint density at radius 2 is 1.81 bits per heavy atom. The second kappa shape index (κ2) is 11.0. The van der Waals surface area contributed by atoms with E-state index in [9.17, 15) is 9.59 Å². The van der Waals surface area contributed by atoms with Crippen molar-refractivity contribution in [1.29, 1.82) is 0 Å². The van der Waals surface area contributed by atoms with E-state index in [0.717, 1.165) is 67.0 Å². The van der Waals surface area contributed by atoms with Crippen LogP contribution in [0.1, 0.15) is 76.0 Å². The predicted molar refractivity (Wildman–Crippen MR) is 162 cm³/mol. The van der Waals surface area contributed by atoms with Crippen LogP contribution in [0.15, 0.2) is 42.9 Å². The molecule has 10 nitrogen and oxygen atoms in total. The van der Waals surface area contributed by atoms with Gasteiger partial charge in [0.05, 0.1) is 23.6 Å². The number of likely N-dealkylation sites (tertiary alicyclic amines) is 1. The van der Waals surface area contributed by atoms with Gasteiger partial charge in [-0.3, -0.25) is 9.78 Å². The average Bonchev–Trinajstić information content (AvgIpc) is 3.67. The van der Waals surface area contributed by atoms with E-state index in [0.29, 0.717) is 12.2 Å². The maximum Gasteiger partial charge on any atom is 0.410 e. The monoisotopic (exact) mass is 573 g/mol. The fourth-order valence-electron chi connectivity index (χ4n) is 5.80. The molecule has 1 unspecified atom stereocenters. The largest absolute Gasteiger partial charge is 0.444 e. The lowest BCUT2D eigenvalue weighted by molar-refractivity contribution is 0.0276. The van der Waals surface area contributed by atoms with Gasteiger partial charge in [-0.2, -0.15) is 0 Å². The zero-order valence-corrected chi connectivity index (χ0v) is 25.9. The van der Waals surface area contributed by atoms with Crippen molar-refractivity contribution in [2.24, 2.45) is 5.41 Å². The van der Waals surface area contributed by atoms with Gasteiger partial charge in [0, 0.05) is 49.9 Å². The molecule has 0 radical (unpaired) electrons. The summed E-state index contributed by atoms with van der Waals surface area (Å²) in [6, 6.07) is 8.41. The molecular formula is C32H43N7O3. The standard InChI is InChI=1S/C32H43N7O3/c1-22-16-23(8-9-24(22)17-34-28(40)26-19-39(36-35-26)30(2,3)4)25-10-13-33-18-27(25)37-14-11-32(20-37)12-15-38(21-32)29(41)42-31(5,6)7/h8-10,13,16,18-19H,11-12,14-15,17,20-21H2,1-7H3,(H,34,40). The normalized spacial score (nSPS) is 19.0. The maximum absolute atomic E-state index is 12.7. The molecule has 1 aromatic carbocycles. The highest BCUT2D eigenvalue weighted by molar-refractivity contribution is 5.91. The number of nitrogens with zero attached hydrogens (tertiary/aromatic N) is 6. The van der Waals surface area contributed by atoms with E-state index in [-0.39, 0.29) is 23.0 Å². The Hall–Kier alpha value is -3.95. The number of pyridine rings is 1. The highest BCUT2D eigenvalue weighted by Crippen LogP contribution is 2.43. The molecule has 3 aromatic rings. The summed E-state index contributed by atoms with van der Waals surface area (Å²) in [6.45, 7) is 17.5. The highest BCUT2D eigenvalue weighted by Gasteiger charge is 2.46. The fraction of sp³-hybridized carbons (Fsp3) is 0.531. The lowest BCUT2D eigenvalue weighted by Crippen LogP contribution is -2.37. The Morgan fingerprint density at radius 1 is 1.05 bits per heavy atom. The van der Waals surface area contributed by atoms with E-state index < -0.39 is 5.60 Å². The molecule has 1 N–H and O–H groups in total. The number of hydrogen-bond acceptors (Lipinski definition) is 7. The number of rotatable bonds is 5. The van der Waals surface area contributed by atoms with E-state index >= 15 is 0 Å². The van der Waals surface area contributed by atoms with Gasteiger partial charge in [-0.05, 0) is 84.1 Å². The molecule has 2 amide bonds. The summed E-state index contributed by atoms with van der Waals surface area (Å²) in [4.78, 5) is 34.1. The molecule has 0 saturated carbocycles. The molecule has 2 fully saturated rings. The summed E-state index contributed by atoms with van der Waals surface area (Å²) >= 11 is 0. The summed E-state index contributed by atoms with van der Waals surface area (Å²) in [5.74, 6) is -0.245. The van der Waals surface area contributed by atoms with Gasteiger partial charge < -0.3 is 19.9 Å². The molecule has 4 heterocycles. The van der Waals surface area contributed by atoms with E-state index in [1.165, 1.54) is 0 Å². The van der Waals surface area contributed by atoms with Crippen molar-refractivity contribution in [3.8, 4) is 11.1 Å². The Labute approximate surface area is 248 Å². The Balaban J connectivity index is 1.25. The first-order valence-corrected chi connectivity index (χ1v) is 14.7. The zero-order chi connectivity index (χ0) is 30.3. The molecular weight excluding hydrogens is 530 g/mol. The third-order valence-electron chi connectivity index (χ3n) is 8.18. The molecule has 1 atom stereocenters. The third kappa shape index (κ3) is 6.42. The second-order valence-corrected chi connectivity index (χ2v) is 13.8. The van der Waals surface area contributed by atoms with Crippen molar-refractivity contribution in [3.63, 3.8) is 0 Å². The molecule has 5 rings (SSSR count). The lowest BCUT2D eigenvalue weighted by atomic mass is 9.86. The van der Waals surface area contributed by atoms with Crippen molar-refractivity contribution in [2.45, 2.75) is 79.0 Å². The SMILES string of the molecule is Cc1cc(-c2ccncc2N2CCC3(CCN(C(=O)OC(C)(C)C)C3)C2)ccc1CNC(=O)c1cn(C(C)(C)C)nn1. The summed E-state index contributed by atoms with van der Waals surface area (Å²) < 4.78 is 7.33.